The Balaban J connectivity index is 1.75. The Morgan fingerprint density at radius 2 is 1.63 bits per heavy atom. The number of sulfonamides is 1. The minimum Gasteiger partial charge on any atom is -0.468 e. The van der Waals surface area contributed by atoms with Gasteiger partial charge >= 0.3 is 0 Å². The van der Waals surface area contributed by atoms with Crippen LogP contribution in [-0.4, -0.2) is 39.5 Å². The van der Waals surface area contributed by atoms with Crippen molar-refractivity contribution in [2.75, 3.05) is 13.1 Å². The third-order valence-electron chi connectivity index (χ3n) is 5.03. The summed E-state index contributed by atoms with van der Waals surface area (Å²) in [5, 5.41) is -0.547. The Hall–Kier alpha value is -1.64. The summed E-state index contributed by atoms with van der Waals surface area (Å²) >= 11 is 0. The lowest BCUT2D eigenvalue weighted by Gasteiger charge is -2.31. The third kappa shape index (κ3) is 4.12. The molecular weight excluding hydrogens is 386 g/mol. The van der Waals surface area contributed by atoms with Gasteiger partial charge in [0.15, 0.2) is 9.84 Å². The molecule has 0 aliphatic carbocycles. The van der Waals surface area contributed by atoms with Gasteiger partial charge in [-0.25, -0.2) is 16.8 Å². The molecular formula is C19H25NO5S2. The molecule has 0 saturated carbocycles. The van der Waals surface area contributed by atoms with Crippen molar-refractivity contribution in [1.29, 1.82) is 0 Å². The number of benzene rings is 1. The van der Waals surface area contributed by atoms with Crippen LogP contribution in [0, 0.1) is 20.8 Å². The van der Waals surface area contributed by atoms with Gasteiger partial charge in [0.2, 0.25) is 10.0 Å². The number of piperidine rings is 1. The van der Waals surface area contributed by atoms with E-state index in [4.69, 9.17) is 4.42 Å². The minimum atomic E-state index is -3.64. The molecule has 0 unspecified atom stereocenters. The standard InChI is InChI=1S/C19H25NO5S2/c1-14-11-15(2)19(16(3)12-14)27(23,24)20-8-6-18(7-9-20)26(21,22)13-17-5-4-10-25-17/h4-5,10-12,18H,6-9,13H2,1-3H3. The first-order chi connectivity index (χ1) is 12.6. The predicted molar refractivity (Wildman–Crippen MR) is 104 cm³/mol. The van der Waals surface area contributed by atoms with E-state index in [-0.39, 0.29) is 18.8 Å². The number of nitrogens with zero attached hydrogens (tertiary/aromatic N) is 1. The van der Waals surface area contributed by atoms with Crippen molar-refractivity contribution < 1.29 is 21.3 Å². The van der Waals surface area contributed by atoms with Gasteiger partial charge in [-0.15, -0.1) is 0 Å². The fraction of sp³-hybridized carbons (Fsp3) is 0.474. The molecule has 0 amide bonds. The zero-order valence-corrected chi connectivity index (χ0v) is 17.4. The van der Waals surface area contributed by atoms with E-state index in [1.807, 2.05) is 19.1 Å². The Bertz CT molecular complexity index is 993. The number of rotatable bonds is 5. The lowest BCUT2D eigenvalue weighted by molar-refractivity contribution is 0.345. The van der Waals surface area contributed by atoms with Crippen molar-refractivity contribution in [2.45, 2.75) is 49.5 Å². The molecule has 1 aliphatic heterocycles. The highest BCUT2D eigenvalue weighted by Crippen LogP contribution is 2.29. The molecule has 0 radical (unpaired) electrons. The van der Waals surface area contributed by atoms with Crippen LogP contribution in [-0.2, 0) is 25.6 Å². The van der Waals surface area contributed by atoms with Crippen molar-refractivity contribution in [3.8, 4) is 0 Å². The second kappa shape index (κ2) is 7.41. The second-order valence-corrected chi connectivity index (χ2v) is 11.4. The molecule has 1 fully saturated rings. The van der Waals surface area contributed by atoms with Gasteiger partial charge in [-0.2, -0.15) is 4.31 Å². The van der Waals surface area contributed by atoms with E-state index in [2.05, 4.69) is 0 Å². The van der Waals surface area contributed by atoms with Gasteiger partial charge < -0.3 is 4.42 Å². The summed E-state index contributed by atoms with van der Waals surface area (Å²) in [4.78, 5) is 0.338. The zero-order valence-electron chi connectivity index (χ0n) is 15.8. The predicted octanol–water partition coefficient (Wildman–Crippen LogP) is 2.97. The average molecular weight is 412 g/mol. The zero-order chi connectivity index (χ0) is 19.8. The molecule has 1 aromatic heterocycles. The molecule has 148 valence electrons. The quantitative estimate of drug-likeness (QED) is 0.755. The molecule has 1 aromatic carbocycles. The Morgan fingerprint density at radius 3 is 2.15 bits per heavy atom. The summed E-state index contributed by atoms with van der Waals surface area (Å²) in [5.74, 6) is 0.268. The van der Waals surface area contributed by atoms with Crippen LogP contribution in [0.2, 0.25) is 0 Å². The molecule has 27 heavy (non-hydrogen) atoms. The number of hydrogen-bond acceptors (Lipinski definition) is 5. The second-order valence-electron chi connectivity index (χ2n) is 7.22. The van der Waals surface area contributed by atoms with Crippen LogP contribution in [0.3, 0.4) is 0 Å². The normalized spacial score (nSPS) is 17.3. The molecule has 1 aliphatic rings. The smallest absolute Gasteiger partial charge is 0.243 e. The number of hydrogen-bond donors (Lipinski definition) is 0. The largest absolute Gasteiger partial charge is 0.468 e. The monoisotopic (exact) mass is 411 g/mol. The summed E-state index contributed by atoms with van der Waals surface area (Å²) in [7, 11) is -7.02. The van der Waals surface area contributed by atoms with Gasteiger partial charge in [-0.05, 0) is 56.9 Å². The number of sulfone groups is 1. The van der Waals surface area contributed by atoms with Crippen molar-refractivity contribution >= 4 is 19.9 Å². The highest BCUT2D eigenvalue weighted by molar-refractivity contribution is 7.91. The maximum atomic E-state index is 13.1. The number of aryl methyl sites for hydroxylation is 3. The number of furan rings is 1. The van der Waals surface area contributed by atoms with Crippen LogP contribution in [0.5, 0.6) is 0 Å². The van der Waals surface area contributed by atoms with Gasteiger partial charge in [-0.1, -0.05) is 17.7 Å². The van der Waals surface area contributed by atoms with Gasteiger partial charge in [0.1, 0.15) is 11.5 Å². The van der Waals surface area contributed by atoms with Crippen LogP contribution in [0.4, 0.5) is 0 Å². The maximum absolute atomic E-state index is 13.1. The van der Waals surface area contributed by atoms with Crippen molar-refractivity contribution in [3.63, 3.8) is 0 Å². The van der Waals surface area contributed by atoms with E-state index < -0.39 is 25.1 Å². The summed E-state index contributed by atoms with van der Waals surface area (Å²) in [6.45, 7) is 5.95. The highest BCUT2D eigenvalue weighted by Gasteiger charge is 2.36. The lowest BCUT2D eigenvalue weighted by atomic mass is 10.1. The summed E-state index contributed by atoms with van der Waals surface area (Å²) < 4.78 is 58.0. The topological polar surface area (TPSA) is 84.7 Å². The molecule has 1 saturated heterocycles. The molecule has 6 nitrogen and oxygen atoms in total. The minimum absolute atomic E-state index is 0.145. The molecule has 8 heteroatoms. The molecule has 0 bridgehead atoms. The average Bonchev–Trinajstić information content (AvgIpc) is 3.06. The van der Waals surface area contributed by atoms with E-state index in [1.54, 1.807) is 26.0 Å². The first-order valence-corrected chi connectivity index (χ1v) is 12.1. The van der Waals surface area contributed by atoms with E-state index in [0.29, 0.717) is 23.5 Å². The lowest BCUT2D eigenvalue weighted by Crippen LogP contribution is -2.43. The maximum Gasteiger partial charge on any atom is 0.243 e. The Kier molecular flexibility index (Phi) is 5.52. The first kappa shape index (κ1) is 20.1. The van der Waals surface area contributed by atoms with E-state index >= 15 is 0 Å². The van der Waals surface area contributed by atoms with Crippen LogP contribution in [0.25, 0.3) is 0 Å². The first-order valence-electron chi connectivity index (χ1n) is 8.93. The van der Waals surface area contributed by atoms with Gasteiger partial charge in [0.05, 0.1) is 16.4 Å². The molecule has 0 atom stereocenters. The van der Waals surface area contributed by atoms with Gasteiger partial charge in [0.25, 0.3) is 0 Å². The molecule has 2 heterocycles. The van der Waals surface area contributed by atoms with Gasteiger partial charge in [0, 0.05) is 13.1 Å². The summed E-state index contributed by atoms with van der Waals surface area (Å²) in [6.07, 6.45) is 2.05. The summed E-state index contributed by atoms with van der Waals surface area (Å²) in [6, 6.07) is 7.02. The van der Waals surface area contributed by atoms with E-state index in [9.17, 15) is 16.8 Å². The fourth-order valence-electron chi connectivity index (χ4n) is 3.85. The van der Waals surface area contributed by atoms with Crippen molar-refractivity contribution in [1.82, 2.24) is 4.31 Å². The van der Waals surface area contributed by atoms with Crippen LogP contribution in [0.15, 0.2) is 39.8 Å². The van der Waals surface area contributed by atoms with Crippen LogP contribution < -0.4 is 0 Å². The van der Waals surface area contributed by atoms with Crippen molar-refractivity contribution in [2.24, 2.45) is 0 Å². The third-order valence-corrected chi connectivity index (χ3v) is 9.41. The van der Waals surface area contributed by atoms with E-state index in [0.717, 1.165) is 16.7 Å². The van der Waals surface area contributed by atoms with Crippen molar-refractivity contribution in [3.05, 3.63) is 53.0 Å². The Labute approximate surface area is 161 Å². The van der Waals surface area contributed by atoms with Crippen LogP contribution in [0.1, 0.15) is 35.3 Å². The molecule has 3 rings (SSSR count). The molecule has 0 spiro atoms. The van der Waals surface area contributed by atoms with Crippen LogP contribution >= 0.6 is 0 Å². The SMILES string of the molecule is Cc1cc(C)c(S(=O)(=O)N2CCC(S(=O)(=O)Cc3ccco3)CC2)c(C)c1. The van der Waals surface area contributed by atoms with Gasteiger partial charge in [-0.3, -0.25) is 0 Å². The highest BCUT2D eigenvalue weighted by atomic mass is 32.2. The summed E-state index contributed by atoms with van der Waals surface area (Å²) in [5.41, 5.74) is 2.46. The molecule has 2 aromatic rings. The Morgan fingerprint density at radius 1 is 1.04 bits per heavy atom. The van der Waals surface area contributed by atoms with E-state index in [1.165, 1.54) is 10.6 Å². The molecule has 0 N–H and O–H groups in total. The fourth-order valence-corrected chi connectivity index (χ4v) is 7.45.